The first-order chi connectivity index (χ1) is 9.64. The van der Waals surface area contributed by atoms with Crippen LogP contribution in [0.3, 0.4) is 0 Å². The van der Waals surface area contributed by atoms with E-state index in [-0.39, 0.29) is 17.0 Å². The monoisotopic (exact) mass is 314 g/mol. The molecular formula is C12H18N4O4S. The number of anilines is 1. The van der Waals surface area contributed by atoms with Crippen LogP contribution in [0.15, 0.2) is 29.2 Å². The molecule has 0 aliphatic rings. The first-order valence-corrected chi connectivity index (χ1v) is 7.46. The molecule has 0 aliphatic heterocycles. The van der Waals surface area contributed by atoms with Crippen molar-refractivity contribution < 1.29 is 18.0 Å². The fraction of sp³-hybridized carbons (Fsp3) is 0.333. The Morgan fingerprint density at radius 2 is 1.95 bits per heavy atom. The summed E-state index contributed by atoms with van der Waals surface area (Å²) in [6, 6.07) is 4.64. The van der Waals surface area contributed by atoms with Gasteiger partial charge in [-0.3, -0.25) is 9.59 Å². The van der Waals surface area contributed by atoms with Crippen LogP contribution in [0.25, 0.3) is 0 Å². The van der Waals surface area contributed by atoms with Gasteiger partial charge in [0.15, 0.2) is 0 Å². The van der Waals surface area contributed by atoms with E-state index in [1.807, 2.05) is 0 Å². The molecule has 0 radical (unpaired) electrons. The Morgan fingerprint density at radius 3 is 2.48 bits per heavy atom. The second-order valence-corrected chi connectivity index (χ2v) is 6.73. The number of sulfonamides is 1. The lowest BCUT2D eigenvalue weighted by Gasteiger charge is -2.14. The molecular weight excluding hydrogens is 296 g/mol. The van der Waals surface area contributed by atoms with Crippen LogP contribution >= 0.6 is 0 Å². The van der Waals surface area contributed by atoms with Crippen LogP contribution in [-0.4, -0.2) is 44.7 Å². The minimum atomic E-state index is -3.60. The van der Waals surface area contributed by atoms with Crippen molar-refractivity contribution in [2.75, 3.05) is 19.4 Å². The Morgan fingerprint density at radius 1 is 1.33 bits per heavy atom. The number of nitrogens with one attached hydrogen (secondary N) is 1. The molecule has 21 heavy (non-hydrogen) atoms. The number of rotatable bonds is 6. The van der Waals surface area contributed by atoms with E-state index in [4.69, 9.17) is 11.5 Å². The highest BCUT2D eigenvalue weighted by Crippen LogP contribution is 2.18. The van der Waals surface area contributed by atoms with Crippen molar-refractivity contribution in [1.82, 2.24) is 4.31 Å². The second-order valence-electron chi connectivity index (χ2n) is 4.58. The average Bonchev–Trinajstić information content (AvgIpc) is 2.37. The van der Waals surface area contributed by atoms with Gasteiger partial charge in [0, 0.05) is 19.8 Å². The molecule has 1 aromatic rings. The van der Waals surface area contributed by atoms with E-state index in [9.17, 15) is 18.0 Å². The molecule has 9 heteroatoms. The van der Waals surface area contributed by atoms with Gasteiger partial charge >= 0.3 is 0 Å². The third-order valence-electron chi connectivity index (χ3n) is 2.64. The van der Waals surface area contributed by atoms with E-state index in [1.165, 1.54) is 38.4 Å². The molecule has 1 rings (SSSR count). The number of hydrogen-bond acceptors (Lipinski definition) is 5. The van der Waals surface area contributed by atoms with Gasteiger partial charge in [0.25, 0.3) is 0 Å². The van der Waals surface area contributed by atoms with Crippen molar-refractivity contribution >= 4 is 27.5 Å². The molecule has 0 saturated heterocycles. The number of nitrogens with two attached hydrogens (primary N) is 2. The minimum absolute atomic E-state index is 0.0359. The summed E-state index contributed by atoms with van der Waals surface area (Å²) in [6.45, 7) is 0. The molecule has 0 aromatic heterocycles. The topological polar surface area (TPSA) is 136 Å². The summed E-state index contributed by atoms with van der Waals surface area (Å²) in [5, 5.41) is 2.44. The standard InChI is InChI=1S/C12H18N4O4S/c1-16(2)21(19,20)9-5-3-4-8(6-9)15-12(18)10(13)7-11(14)17/h3-6,10H,7,13H2,1-2H3,(H2,14,17)(H,15,18). The number of primary amides is 1. The third kappa shape index (κ3) is 4.52. The second kappa shape index (κ2) is 6.66. The molecule has 5 N–H and O–H groups in total. The fourth-order valence-electron chi connectivity index (χ4n) is 1.49. The van der Waals surface area contributed by atoms with Crippen molar-refractivity contribution in [3.8, 4) is 0 Å². The molecule has 116 valence electrons. The normalized spacial score (nSPS) is 13.0. The zero-order valence-electron chi connectivity index (χ0n) is 11.7. The molecule has 0 heterocycles. The predicted octanol–water partition coefficient (Wildman–Crippen LogP) is -0.922. The number of amides is 2. The molecule has 0 fully saturated rings. The first kappa shape index (κ1) is 17.1. The van der Waals surface area contributed by atoms with Crippen LogP contribution in [-0.2, 0) is 19.6 Å². The zero-order valence-corrected chi connectivity index (χ0v) is 12.6. The number of hydrogen-bond donors (Lipinski definition) is 3. The van der Waals surface area contributed by atoms with E-state index >= 15 is 0 Å². The lowest BCUT2D eigenvalue weighted by molar-refractivity contribution is -0.123. The Kier molecular flexibility index (Phi) is 5.41. The highest BCUT2D eigenvalue weighted by molar-refractivity contribution is 7.89. The fourth-order valence-corrected chi connectivity index (χ4v) is 2.44. The molecule has 0 spiro atoms. The van der Waals surface area contributed by atoms with Gasteiger partial charge in [-0.15, -0.1) is 0 Å². The molecule has 0 saturated carbocycles. The Hall–Kier alpha value is -1.97. The number of carbonyl (C=O) groups excluding carboxylic acids is 2. The van der Waals surface area contributed by atoms with E-state index < -0.39 is 27.9 Å². The number of carbonyl (C=O) groups is 2. The van der Waals surface area contributed by atoms with E-state index in [2.05, 4.69) is 5.32 Å². The minimum Gasteiger partial charge on any atom is -0.370 e. The Balaban J connectivity index is 2.92. The van der Waals surface area contributed by atoms with Crippen molar-refractivity contribution in [2.45, 2.75) is 17.4 Å². The van der Waals surface area contributed by atoms with Crippen molar-refractivity contribution in [2.24, 2.45) is 11.5 Å². The SMILES string of the molecule is CN(C)S(=O)(=O)c1cccc(NC(=O)C(N)CC(N)=O)c1. The van der Waals surface area contributed by atoms with Crippen LogP contribution in [0.5, 0.6) is 0 Å². The lowest BCUT2D eigenvalue weighted by Crippen LogP contribution is -2.39. The van der Waals surface area contributed by atoms with Crippen LogP contribution in [0, 0.1) is 0 Å². The smallest absolute Gasteiger partial charge is 0.242 e. The lowest BCUT2D eigenvalue weighted by atomic mass is 10.2. The Labute approximate surface area is 123 Å². The summed E-state index contributed by atoms with van der Waals surface area (Å²) in [7, 11) is -0.786. The zero-order chi connectivity index (χ0) is 16.2. The molecule has 1 aromatic carbocycles. The number of benzene rings is 1. The average molecular weight is 314 g/mol. The first-order valence-electron chi connectivity index (χ1n) is 6.02. The van der Waals surface area contributed by atoms with Crippen LogP contribution in [0.2, 0.25) is 0 Å². The van der Waals surface area contributed by atoms with E-state index in [0.29, 0.717) is 0 Å². The van der Waals surface area contributed by atoms with Crippen molar-refractivity contribution in [3.63, 3.8) is 0 Å². The Bertz CT molecular complexity index is 642. The van der Waals surface area contributed by atoms with Gasteiger partial charge in [0.05, 0.1) is 17.4 Å². The molecule has 1 unspecified atom stereocenters. The molecule has 1 atom stereocenters. The summed E-state index contributed by atoms with van der Waals surface area (Å²) in [5.41, 5.74) is 10.7. The quantitative estimate of drug-likeness (QED) is 0.624. The summed E-state index contributed by atoms with van der Waals surface area (Å²) in [5.74, 6) is -1.31. The summed E-state index contributed by atoms with van der Waals surface area (Å²) >= 11 is 0. The molecule has 2 amide bonds. The molecule has 0 bridgehead atoms. The molecule has 0 aliphatic carbocycles. The van der Waals surface area contributed by atoms with Gasteiger partial charge in [0.1, 0.15) is 0 Å². The van der Waals surface area contributed by atoms with E-state index in [0.717, 1.165) is 4.31 Å². The van der Waals surface area contributed by atoms with Gasteiger partial charge < -0.3 is 16.8 Å². The predicted molar refractivity (Wildman–Crippen MR) is 77.7 cm³/mol. The summed E-state index contributed by atoms with van der Waals surface area (Å²) in [6.07, 6.45) is -0.290. The van der Waals surface area contributed by atoms with Crippen molar-refractivity contribution in [1.29, 1.82) is 0 Å². The maximum absolute atomic E-state index is 12.0. The number of nitrogens with zero attached hydrogens (tertiary/aromatic N) is 1. The van der Waals surface area contributed by atoms with Gasteiger partial charge in [-0.1, -0.05) is 6.07 Å². The maximum Gasteiger partial charge on any atom is 0.242 e. The highest BCUT2D eigenvalue weighted by Gasteiger charge is 2.19. The van der Waals surface area contributed by atoms with E-state index in [1.54, 1.807) is 0 Å². The largest absolute Gasteiger partial charge is 0.370 e. The van der Waals surface area contributed by atoms with Gasteiger partial charge in [-0.05, 0) is 18.2 Å². The van der Waals surface area contributed by atoms with Gasteiger partial charge in [-0.2, -0.15) is 0 Å². The van der Waals surface area contributed by atoms with Crippen molar-refractivity contribution in [3.05, 3.63) is 24.3 Å². The third-order valence-corrected chi connectivity index (χ3v) is 4.45. The summed E-state index contributed by atoms with van der Waals surface area (Å²) < 4.78 is 25.0. The maximum atomic E-state index is 12.0. The summed E-state index contributed by atoms with van der Waals surface area (Å²) in [4.78, 5) is 22.5. The molecule has 8 nitrogen and oxygen atoms in total. The van der Waals surface area contributed by atoms with Gasteiger partial charge in [0.2, 0.25) is 21.8 Å². The van der Waals surface area contributed by atoms with Gasteiger partial charge in [-0.25, -0.2) is 12.7 Å². The van der Waals surface area contributed by atoms with Crippen LogP contribution < -0.4 is 16.8 Å². The highest BCUT2D eigenvalue weighted by atomic mass is 32.2. The van der Waals surface area contributed by atoms with Crippen LogP contribution in [0.1, 0.15) is 6.42 Å². The van der Waals surface area contributed by atoms with Crippen LogP contribution in [0.4, 0.5) is 5.69 Å².